The molecule has 1 amide bonds. The quantitative estimate of drug-likeness (QED) is 0.536. The number of ether oxygens (including phenoxy) is 2. The molecule has 5 nitrogen and oxygen atoms in total. The third-order valence-corrected chi connectivity index (χ3v) is 6.95. The first kappa shape index (κ1) is 20.3. The summed E-state index contributed by atoms with van der Waals surface area (Å²) < 4.78 is 17.6. The van der Waals surface area contributed by atoms with E-state index in [-0.39, 0.29) is 23.5 Å². The second kappa shape index (κ2) is 7.49. The van der Waals surface area contributed by atoms with E-state index >= 15 is 0 Å². The summed E-state index contributed by atoms with van der Waals surface area (Å²) in [5.74, 6) is 1.89. The number of carbonyl (C=O) groups is 1. The summed E-state index contributed by atoms with van der Waals surface area (Å²) in [6.07, 6.45) is 3.96. The second-order valence-corrected chi connectivity index (χ2v) is 9.20. The minimum Gasteiger partial charge on any atom is -0.493 e. The van der Waals surface area contributed by atoms with Crippen molar-refractivity contribution in [3.05, 3.63) is 58.3 Å². The van der Waals surface area contributed by atoms with Crippen molar-refractivity contribution in [3.8, 4) is 11.5 Å². The summed E-state index contributed by atoms with van der Waals surface area (Å²) >= 11 is 6.26. The average Bonchev–Trinajstić information content (AvgIpc) is 3.12. The molecule has 1 aromatic heterocycles. The smallest absolute Gasteiger partial charge is 0.227 e. The lowest BCUT2D eigenvalue weighted by molar-refractivity contribution is -0.124. The summed E-state index contributed by atoms with van der Waals surface area (Å²) in [4.78, 5) is 13.4. The molecule has 1 saturated carbocycles. The Labute approximate surface area is 186 Å². The zero-order chi connectivity index (χ0) is 21.8. The number of benzene rings is 2. The third kappa shape index (κ3) is 3.45. The van der Waals surface area contributed by atoms with Crippen molar-refractivity contribution in [2.45, 2.75) is 57.1 Å². The monoisotopic (exact) mass is 439 g/mol. The zero-order valence-corrected chi connectivity index (χ0v) is 18.7. The van der Waals surface area contributed by atoms with Crippen LogP contribution in [0.25, 0.3) is 11.0 Å². The molecule has 2 atom stereocenters. The van der Waals surface area contributed by atoms with Crippen molar-refractivity contribution < 1.29 is 18.7 Å². The molecule has 2 aromatic carbocycles. The van der Waals surface area contributed by atoms with Gasteiger partial charge in [-0.15, -0.1) is 0 Å². The van der Waals surface area contributed by atoms with Gasteiger partial charge in [0, 0.05) is 22.4 Å². The molecule has 5 rings (SSSR count). The first-order chi connectivity index (χ1) is 14.9. The highest BCUT2D eigenvalue weighted by atomic mass is 35.5. The molecule has 1 aliphatic heterocycles. The molecule has 2 unspecified atom stereocenters. The van der Waals surface area contributed by atoms with Gasteiger partial charge in [0.2, 0.25) is 5.91 Å². The van der Waals surface area contributed by atoms with E-state index < -0.39 is 0 Å². The Morgan fingerprint density at radius 2 is 2.06 bits per heavy atom. The lowest BCUT2D eigenvalue weighted by Gasteiger charge is -2.48. The maximum Gasteiger partial charge on any atom is 0.227 e. The maximum atomic E-state index is 13.4. The van der Waals surface area contributed by atoms with Gasteiger partial charge in [-0.2, -0.15) is 0 Å². The number of amides is 1. The van der Waals surface area contributed by atoms with Crippen molar-refractivity contribution in [1.29, 1.82) is 0 Å². The summed E-state index contributed by atoms with van der Waals surface area (Å²) in [7, 11) is 1.62. The van der Waals surface area contributed by atoms with Gasteiger partial charge in [-0.25, -0.2) is 0 Å². The van der Waals surface area contributed by atoms with E-state index in [1.807, 2.05) is 50.2 Å². The number of rotatable bonds is 4. The number of halogens is 1. The van der Waals surface area contributed by atoms with Gasteiger partial charge in [0.15, 0.2) is 11.3 Å². The SMILES string of the molecule is COc1ccc(C(C)C(=O)NC2CC3(CCC3)Oc3ccc(Cl)cc32)c2cc(C)oc12. The predicted octanol–water partition coefficient (Wildman–Crippen LogP) is 6.07. The van der Waals surface area contributed by atoms with Gasteiger partial charge in [-0.05, 0) is 69.0 Å². The molecule has 1 spiro atoms. The molecule has 2 aliphatic rings. The Morgan fingerprint density at radius 1 is 1.26 bits per heavy atom. The Bertz CT molecular complexity index is 1160. The molecular formula is C25H26ClNO4. The number of nitrogens with one attached hydrogen (secondary N) is 1. The molecule has 0 saturated heterocycles. The van der Waals surface area contributed by atoms with Gasteiger partial charge in [0.1, 0.15) is 17.1 Å². The summed E-state index contributed by atoms with van der Waals surface area (Å²) in [6.45, 7) is 3.82. The van der Waals surface area contributed by atoms with Crippen molar-refractivity contribution in [2.75, 3.05) is 7.11 Å². The molecule has 0 radical (unpaired) electrons. The third-order valence-electron chi connectivity index (χ3n) is 6.72. The van der Waals surface area contributed by atoms with E-state index in [2.05, 4.69) is 5.32 Å². The van der Waals surface area contributed by atoms with Crippen LogP contribution in [0.1, 0.15) is 61.5 Å². The molecule has 162 valence electrons. The Hall–Kier alpha value is -2.66. The topological polar surface area (TPSA) is 60.7 Å². The van der Waals surface area contributed by atoms with Crippen molar-refractivity contribution in [3.63, 3.8) is 0 Å². The Balaban J connectivity index is 1.45. The predicted molar refractivity (Wildman–Crippen MR) is 120 cm³/mol. The lowest BCUT2D eigenvalue weighted by Crippen LogP contribution is -2.50. The number of hydrogen-bond donors (Lipinski definition) is 1. The molecule has 31 heavy (non-hydrogen) atoms. The molecule has 1 fully saturated rings. The van der Waals surface area contributed by atoms with Gasteiger partial charge >= 0.3 is 0 Å². The fraction of sp³-hybridized carbons (Fsp3) is 0.400. The Kier molecular flexibility index (Phi) is 4.89. The molecule has 2 heterocycles. The van der Waals surface area contributed by atoms with Crippen LogP contribution in [-0.4, -0.2) is 18.6 Å². The second-order valence-electron chi connectivity index (χ2n) is 8.76. The lowest BCUT2D eigenvalue weighted by atomic mass is 9.73. The van der Waals surface area contributed by atoms with E-state index in [9.17, 15) is 4.79 Å². The van der Waals surface area contributed by atoms with E-state index in [4.69, 9.17) is 25.5 Å². The van der Waals surface area contributed by atoms with Crippen LogP contribution in [0.4, 0.5) is 0 Å². The van der Waals surface area contributed by atoms with E-state index in [0.717, 1.165) is 53.7 Å². The highest BCUT2D eigenvalue weighted by Gasteiger charge is 2.46. The first-order valence-electron chi connectivity index (χ1n) is 10.7. The average molecular weight is 440 g/mol. The van der Waals surface area contributed by atoms with Crippen LogP contribution in [0.2, 0.25) is 5.02 Å². The van der Waals surface area contributed by atoms with Gasteiger partial charge in [0.25, 0.3) is 0 Å². The minimum atomic E-state index is -0.353. The molecule has 1 aliphatic carbocycles. The number of carbonyl (C=O) groups excluding carboxylic acids is 1. The largest absolute Gasteiger partial charge is 0.493 e. The molecule has 0 bridgehead atoms. The van der Waals surface area contributed by atoms with Crippen molar-refractivity contribution in [1.82, 2.24) is 5.32 Å². The first-order valence-corrected chi connectivity index (χ1v) is 11.1. The van der Waals surface area contributed by atoms with Crippen molar-refractivity contribution >= 4 is 28.5 Å². The number of furan rings is 1. The number of methoxy groups -OCH3 is 1. The van der Waals surface area contributed by atoms with Crippen LogP contribution in [0.3, 0.4) is 0 Å². The van der Waals surface area contributed by atoms with Crippen LogP contribution in [0.5, 0.6) is 11.5 Å². The maximum absolute atomic E-state index is 13.4. The molecular weight excluding hydrogens is 414 g/mol. The van der Waals surface area contributed by atoms with E-state index in [1.54, 1.807) is 7.11 Å². The standard InChI is InChI=1S/C25H26ClNO4/c1-14-11-18-17(6-8-22(29-3)23(18)30-14)15(2)24(28)27-20-13-25(9-4-10-25)31-21-7-5-16(26)12-19(20)21/h5-8,11-12,15,20H,4,9-10,13H2,1-3H3,(H,27,28). The summed E-state index contributed by atoms with van der Waals surface area (Å²) in [5.41, 5.74) is 2.37. The molecule has 1 N–H and O–H groups in total. The van der Waals surface area contributed by atoms with Crippen molar-refractivity contribution in [2.24, 2.45) is 0 Å². The minimum absolute atomic E-state index is 0.0300. The van der Waals surface area contributed by atoms with Gasteiger partial charge in [-0.3, -0.25) is 4.79 Å². The van der Waals surface area contributed by atoms with E-state index in [1.165, 1.54) is 0 Å². The number of aryl methyl sites for hydroxylation is 1. The van der Waals surface area contributed by atoms with Crippen LogP contribution in [-0.2, 0) is 4.79 Å². The van der Waals surface area contributed by atoms with Crippen LogP contribution >= 0.6 is 11.6 Å². The fourth-order valence-electron chi connectivity index (χ4n) is 4.87. The highest BCUT2D eigenvalue weighted by Crippen LogP contribution is 2.49. The van der Waals surface area contributed by atoms with Gasteiger partial charge < -0.3 is 19.2 Å². The zero-order valence-electron chi connectivity index (χ0n) is 18.0. The van der Waals surface area contributed by atoms with Gasteiger partial charge in [0.05, 0.1) is 19.1 Å². The summed E-state index contributed by atoms with van der Waals surface area (Å²) in [5, 5.41) is 4.84. The Morgan fingerprint density at radius 3 is 2.77 bits per heavy atom. The van der Waals surface area contributed by atoms with E-state index in [0.29, 0.717) is 16.4 Å². The number of fused-ring (bicyclic) bond motifs is 2. The van der Waals surface area contributed by atoms with Crippen LogP contribution in [0.15, 0.2) is 40.8 Å². The van der Waals surface area contributed by atoms with Gasteiger partial charge in [-0.1, -0.05) is 17.7 Å². The normalized spacial score (nSPS) is 19.9. The summed E-state index contributed by atoms with van der Waals surface area (Å²) in [6, 6.07) is 11.3. The number of hydrogen-bond acceptors (Lipinski definition) is 4. The van der Waals surface area contributed by atoms with Crippen LogP contribution in [0, 0.1) is 6.92 Å². The molecule has 6 heteroatoms. The highest BCUT2D eigenvalue weighted by molar-refractivity contribution is 6.30. The molecule has 3 aromatic rings. The fourth-order valence-corrected chi connectivity index (χ4v) is 5.05. The van der Waals surface area contributed by atoms with Crippen LogP contribution < -0.4 is 14.8 Å².